The molecule has 2 heterocycles. The largest absolute Gasteiger partial charge is 0.489 e. The first-order chi connectivity index (χ1) is 22.9. The Morgan fingerprint density at radius 2 is 1.67 bits per heavy atom. The number of nitrogens with one attached hydrogen (secondary N) is 4. The smallest absolute Gasteiger partial charge is 0.274 e. The number of aliphatic hydroxyl groups excluding tert-OH is 1. The number of carbonyl (C=O) groups is 5. The van der Waals surface area contributed by atoms with Crippen molar-refractivity contribution in [2.24, 2.45) is 5.92 Å². The molecule has 256 valence electrons. The molecule has 0 fully saturated rings. The third-order valence-corrected chi connectivity index (χ3v) is 7.77. The van der Waals surface area contributed by atoms with E-state index in [4.69, 9.17) is 9.26 Å². The molecule has 3 aromatic rings. The maximum absolute atomic E-state index is 13.8. The van der Waals surface area contributed by atoms with Gasteiger partial charge < -0.3 is 40.5 Å². The number of aromatic nitrogens is 1. The molecule has 4 atom stereocenters. The lowest BCUT2D eigenvalue weighted by Crippen LogP contribution is -2.58. The van der Waals surface area contributed by atoms with Gasteiger partial charge in [-0.1, -0.05) is 67.5 Å². The Bertz CT molecular complexity index is 1590. The lowest BCUT2D eigenvalue weighted by atomic mass is 10.0. The fourth-order valence-corrected chi connectivity index (χ4v) is 5.00. The van der Waals surface area contributed by atoms with Crippen LogP contribution in [0.4, 0.5) is 0 Å². The average Bonchev–Trinajstić information content (AvgIpc) is 3.53. The number of hydrogen-bond donors (Lipinski definition) is 5. The summed E-state index contributed by atoms with van der Waals surface area (Å²) in [5.74, 6) is -2.64. The lowest BCUT2D eigenvalue weighted by molar-refractivity contribution is -0.134. The van der Waals surface area contributed by atoms with Crippen LogP contribution in [0.5, 0.6) is 5.75 Å². The van der Waals surface area contributed by atoms with E-state index in [0.29, 0.717) is 17.9 Å². The Hall–Kier alpha value is -5.24. The number of carbonyl (C=O) groups excluding carboxylic acids is 5. The first-order valence-corrected chi connectivity index (χ1v) is 15.8. The summed E-state index contributed by atoms with van der Waals surface area (Å²) in [6, 6.07) is 14.7. The molecule has 1 aliphatic rings. The van der Waals surface area contributed by atoms with Gasteiger partial charge in [-0.2, -0.15) is 0 Å². The topological polar surface area (TPSA) is 192 Å². The minimum absolute atomic E-state index is 0.0336. The molecule has 1 aliphatic heterocycles. The summed E-state index contributed by atoms with van der Waals surface area (Å²) in [4.78, 5) is 67.4. The third-order valence-electron chi connectivity index (χ3n) is 7.77. The fourth-order valence-electron chi connectivity index (χ4n) is 5.00. The molecule has 0 spiro atoms. The van der Waals surface area contributed by atoms with Crippen molar-refractivity contribution in [3.63, 3.8) is 0 Å². The average molecular weight is 663 g/mol. The van der Waals surface area contributed by atoms with Crippen LogP contribution in [0.1, 0.15) is 55.1 Å². The first-order valence-electron chi connectivity index (χ1n) is 15.8. The SMILES string of the molecule is CC(C)[C@@H]1NC(=O)[C@H](C)NC(=O)[C@H]([C@@H](C)O)NC(=O)c2cc(on2)CN(C(=O)Cc2ccccc2OCc2ccccc2)CCNC1=O. The second-order valence-electron chi connectivity index (χ2n) is 12.0. The Morgan fingerprint density at radius 1 is 0.958 bits per heavy atom. The Kier molecular flexibility index (Phi) is 12.3. The highest BCUT2D eigenvalue weighted by Gasteiger charge is 2.32. The summed E-state index contributed by atoms with van der Waals surface area (Å²) in [6.07, 6.45) is -1.36. The van der Waals surface area contributed by atoms with Gasteiger partial charge in [-0.3, -0.25) is 24.0 Å². The van der Waals surface area contributed by atoms with Gasteiger partial charge in [0.15, 0.2) is 11.5 Å². The molecule has 5 N–H and O–H groups in total. The van der Waals surface area contributed by atoms with Crippen LogP contribution in [0.2, 0.25) is 0 Å². The molecule has 1 aromatic heterocycles. The molecule has 0 radical (unpaired) electrons. The number of benzene rings is 2. The maximum Gasteiger partial charge on any atom is 0.274 e. The van der Waals surface area contributed by atoms with Crippen LogP contribution in [0, 0.1) is 5.92 Å². The first kappa shape index (κ1) is 35.6. The van der Waals surface area contributed by atoms with E-state index >= 15 is 0 Å². The maximum atomic E-state index is 13.8. The highest BCUT2D eigenvalue weighted by Crippen LogP contribution is 2.21. The highest BCUT2D eigenvalue weighted by molar-refractivity contribution is 5.98. The summed E-state index contributed by atoms with van der Waals surface area (Å²) in [7, 11) is 0. The van der Waals surface area contributed by atoms with Crippen LogP contribution in [0.3, 0.4) is 0 Å². The van der Waals surface area contributed by atoms with Crippen molar-refractivity contribution >= 4 is 29.5 Å². The molecule has 0 aliphatic carbocycles. The molecule has 2 aromatic carbocycles. The summed E-state index contributed by atoms with van der Waals surface area (Å²) < 4.78 is 11.4. The summed E-state index contributed by atoms with van der Waals surface area (Å²) in [5, 5.41) is 24.4. The van der Waals surface area contributed by atoms with E-state index in [0.717, 1.165) is 5.56 Å². The van der Waals surface area contributed by atoms with E-state index in [1.54, 1.807) is 32.0 Å². The van der Waals surface area contributed by atoms with E-state index in [-0.39, 0.29) is 49.3 Å². The Morgan fingerprint density at radius 3 is 2.38 bits per heavy atom. The van der Waals surface area contributed by atoms with E-state index < -0.39 is 47.9 Å². The number of amides is 5. The summed E-state index contributed by atoms with van der Waals surface area (Å²) in [5.41, 5.74) is 1.44. The highest BCUT2D eigenvalue weighted by atomic mass is 16.5. The zero-order valence-corrected chi connectivity index (χ0v) is 27.4. The van der Waals surface area contributed by atoms with Gasteiger partial charge in [0.05, 0.1) is 19.1 Å². The quantitative estimate of drug-likeness (QED) is 0.246. The van der Waals surface area contributed by atoms with Crippen LogP contribution in [-0.2, 0) is 38.8 Å². The van der Waals surface area contributed by atoms with E-state index in [9.17, 15) is 29.1 Å². The normalized spacial score (nSPS) is 20.5. The number of fused-ring (bicyclic) bond motifs is 2. The predicted molar refractivity (Wildman–Crippen MR) is 173 cm³/mol. The van der Waals surface area contributed by atoms with Crippen LogP contribution < -0.4 is 26.0 Å². The van der Waals surface area contributed by atoms with Gasteiger partial charge >= 0.3 is 0 Å². The van der Waals surface area contributed by atoms with Gasteiger partial charge in [-0.05, 0) is 31.4 Å². The number of rotatable bonds is 7. The van der Waals surface area contributed by atoms with E-state index in [1.807, 2.05) is 36.4 Å². The third kappa shape index (κ3) is 9.64. The number of aliphatic hydroxyl groups is 1. The fraction of sp³-hybridized carbons (Fsp3) is 0.412. The number of hydrogen-bond acceptors (Lipinski definition) is 9. The molecular weight excluding hydrogens is 620 g/mol. The Balaban J connectivity index is 1.58. The van der Waals surface area contributed by atoms with Gasteiger partial charge in [0.25, 0.3) is 5.91 Å². The van der Waals surface area contributed by atoms with Crippen molar-refractivity contribution in [3.8, 4) is 5.75 Å². The zero-order valence-electron chi connectivity index (χ0n) is 27.4. The van der Waals surface area contributed by atoms with Crippen molar-refractivity contribution in [2.45, 2.75) is 71.5 Å². The minimum atomic E-state index is -1.43. The van der Waals surface area contributed by atoms with Crippen molar-refractivity contribution < 1.29 is 38.3 Å². The molecule has 14 heteroatoms. The zero-order chi connectivity index (χ0) is 34.8. The van der Waals surface area contributed by atoms with Crippen LogP contribution in [0.15, 0.2) is 65.2 Å². The molecule has 48 heavy (non-hydrogen) atoms. The van der Waals surface area contributed by atoms with Crippen LogP contribution in [-0.4, -0.2) is 82.0 Å². The number of ether oxygens (including phenoxy) is 1. The molecule has 0 saturated carbocycles. The van der Waals surface area contributed by atoms with Gasteiger partial charge in [-0.15, -0.1) is 0 Å². The lowest BCUT2D eigenvalue weighted by Gasteiger charge is -2.27. The number of nitrogens with zero attached hydrogens (tertiary/aromatic N) is 2. The molecule has 14 nitrogen and oxygen atoms in total. The van der Waals surface area contributed by atoms with E-state index in [2.05, 4.69) is 26.4 Å². The van der Waals surface area contributed by atoms with Crippen molar-refractivity contribution in [2.75, 3.05) is 13.1 Å². The van der Waals surface area contributed by atoms with Gasteiger partial charge in [0, 0.05) is 24.7 Å². The summed E-state index contributed by atoms with van der Waals surface area (Å²) in [6.45, 7) is 6.57. The molecular formula is C34H42N6O8. The molecule has 2 bridgehead atoms. The predicted octanol–water partition coefficient (Wildman–Crippen LogP) is 1.08. The molecule has 0 unspecified atom stereocenters. The van der Waals surface area contributed by atoms with Crippen molar-refractivity contribution in [1.29, 1.82) is 0 Å². The molecule has 0 saturated heterocycles. The van der Waals surface area contributed by atoms with E-state index in [1.165, 1.54) is 24.8 Å². The van der Waals surface area contributed by atoms with Gasteiger partial charge in [-0.25, -0.2) is 0 Å². The van der Waals surface area contributed by atoms with Crippen LogP contribution >= 0.6 is 0 Å². The van der Waals surface area contributed by atoms with Crippen LogP contribution in [0.25, 0.3) is 0 Å². The van der Waals surface area contributed by atoms with Crippen molar-refractivity contribution in [1.82, 2.24) is 31.3 Å². The van der Waals surface area contributed by atoms with Gasteiger partial charge in [0.1, 0.15) is 30.5 Å². The van der Waals surface area contributed by atoms with Crippen molar-refractivity contribution in [3.05, 3.63) is 83.2 Å². The minimum Gasteiger partial charge on any atom is -0.489 e. The molecule has 5 amide bonds. The second-order valence-corrected chi connectivity index (χ2v) is 12.0. The Labute approximate surface area is 278 Å². The summed E-state index contributed by atoms with van der Waals surface area (Å²) >= 11 is 0. The monoisotopic (exact) mass is 662 g/mol. The standard InChI is InChI=1S/C34H42N6O8/c1-20(2)29-33(45)35-14-15-40(28(42)16-24-12-8-9-13-27(24)47-19-23-10-6-5-7-11-23)18-25-17-26(39-48-25)32(44)38-30(22(4)41)34(46)36-21(3)31(43)37-29/h5-13,17,20-22,29-30,41H,14-16,18-19H2,1-4H3,(H,35,45)(H,36,46)(H,37,43)(H,38,44)/t21-,22+,29-,30-/m0/s1. The molecule has 4 rings (SSSR count). The van der Waals surface area contributed by atoms with Gasteiger partial charge in [0.2, 0.25) is 23.6 Å². The second kappa shape index (κ2) is 16.5. The number of para-hydroxylation sites is 1.